The summed E-state index contributed by atoms with van der Waals surface area (Å²) in [6, 6.07) is 0.731. The van der Waals surface area contributed by atoms with Crippen LogP contribution < -0.4 is 10.6 Å². The Hall–Kier alpha value is -0.610. The van der Waals surface area contributed by atoms with Crippen molar-refractivity contribution in [2.24, 2.45) is 0 Å². The molecule has 94 valence electrons. The summed E-state index contributed by atoms with van der Waals surface area (Å²) in [5.74, 6) is 0.0903. The number of piperidine rings is 1. The summed E-state index contributed by atoms with van der Waals surface area (Å²) in [6.07, 6.45) is 5.22. The summed E-state index contributed by atoms with van der Waals surface area (Å²) in [5.41, 5.74) is 0. The van der Waals surface area contributed by atoms with Gasteiger partial charge in [0.15, 0.2) is 0 Å². The molecule has 4 heteroatoms. The van der Waals surface area contributed by atoms with Crippen molar-refractivity contribution in [1.29, 1.82) is 0 Å². The van der Waals surface area contributed by atoms with Gasteiger partial charge in [-0.2, -0.15) is 0 Å². The van der Waals surface area contributed by atoms with Crippen molar-refractivity contribution in [2.45, 2.75) is 38.6 Å². The molecule has 0 saturated carbocycles. The molecule has 16 heavy (non-hydrogen) atoms. The van der Waals surface area contributed by atoms with Crippen LogP contribution in [-0.4, -0.2) is 50.1 Å². The van der Waals surface area contributed by atoms with E-state index in [1.165, 1.54) is 32.2 Å². The quantitative estimate of drug-likeness (QED) is 0.698. The second-order valence-electron chi connectivity index (χ2n) is 4.47. The Morgan fingerprint density at radius 1 is 1.44 bits per heavy atom. The Morgan fingerprint density at radius 3 is 2.94 bits per heavy atom. The number of amides is 1. The van der Waals surface area contributed by atoms with Crippen molar-refractivity contribution in [2.75, 3.05) is 33.2 Å². The zero-order chi connectivity index (χ0) is 11.8. The van der Waals surface area contributed by atoms with Crippen LogP contribution in [0.3, 0.4) is 0 Å². The summed E-state index contributed by atoms with van der Waals surface area (Å²) in [5, 5.41) is 5.78. The normalized spacial score (nSPS) is 22.0. The Labute approximate surface area is 98.8 Å². The number of hydrogen-bond acceptors (Lipinski definition) is 3. The maximum Gasteiger partial charge on any atom is 0.233 e. The molecule has 0 radical (unpaired) electrons. The molecule has 1 unspecified atom stereocenters. The number of hydrogen-bond donors (Lipinski definition) is 2. The predicted molar refractivity (Wildman–Crippen MR) is 66.4 cm³/mol. The van der Waals surface area contributed by atoms with Crippen molar-refractivity contribution in [1.82, 2.24) is 15.5 Å². The van der Waals surface area contributed by atoms with E-state index < -0.39 is 0 Å². The van der Waals surface area contributed by atoms with Gasteiger partial charge in [-0.1, -0.05) is 13.3 Å². The van der Waals surface area contributed by atoms with Crippen LogP contribution >= 0.6 is 0 Å². The maximum atomic E-state index is 11.2. The lowest BCUT2D eigenvalue weighted by molar-refractivity contribution is -0.120. The minimum atomic E-state index is 0.0903. The molecule has 1 fully saturated rings. The lowest BCUT2D eigenvalue weighted by Crippen LogP contribution is -2.44. The highest BCUT2D eigenvalue weighted by Gasteiger charge is 2.19. The topological polar surface area (TPSA) is 44.4 Å². The van der Waals surface area contributed by atoms with E-state index in [0.29, 0.717) is 6.54 Å². The second-order valence-corrected chi connectivity index (χ2v) is 4.47. The first-order valence-corrected chi connectivity index (χ1v) is 6.43. The Kier molecular flexibility index (Phi) is 6.42. The number of carbonyl (C=O) groups is 1. The number of rotatable bonds is 6. The molecule has 1 heterocycles. The Balaban J connectivity index is 2.17. The van der Waals surface area contributed by atoms with Crippen LogP contribution in [0.4, 0.5) is 0 Å². The monoisotopic (exact) mass is 227 g/mol. The number of carbonyl (C=O) groups excluding carboxylic acids is 1. The van der Waals surface area contributed by atoms with Crippen LogP contribution in [-0.2, 0) is 4.79 Å². The zero-order valence-corrected chi connectivity index (χ0v) is 10.6. The molecule has 1 atom stereocenters. The Morgan fingerprint density at radius 2 is 2.25 bits per heavy atom. The van der Waals surface area contributed by atoms with Crippen molar-refractivity contribution in [3.63, 3.8) is 0 Å². The number of likely N-dealkylation sites (N-methyl/N-ethyl adjacent to an activating group) is 1. The van der Waals surface area contributed by atoms with Gasteiger partial charge in [-0.3, -0.25) is 9.69 Å². The Bertz CT molecular complexity index is 208. The predicted octanol–water partition coefficient (Wildman–Crippen LogP) is 0.587. The molecule has 0 bridgehead atoms. The highest BCUT2D eigenvalue weighted by Crippen LogP contribution is 2.18. The largest absolute Gasteiger partial charge is 0.354 e. The van der Waals surface area contributed by atoms with Gasteiger partial charge in [-0.25, -0.2) is 0 Å². The minimum absolute atomic E-state index is 0.0903. The molecule has 4 nitrogen and oxygen atoms in total. The van der Waals surface area contributed by atoms with Crippen LogP contribution in [0.25, 0.3) is 0 Å². The lowest BCUT2D eigenvalue weighted by atomic mass is 10.0. The summed E-state index contributed by atoms with van der Waals surface area (Å²) in [4.78, 5) is 13.8. The van der Waals surface area contributed by atoms with E-state index in [4.69, 9.17) is 0 Å². The summed E-state index contributed by atoms with van der Waals surface area (Å²) < 4.78 is 0. The van der Waals surface area contributed by atoms with E-state index in [-0.39, 0.29) is 5.91 Å². The van der Waals surface area contributed by atoms with Crippen LogP contribution in [0.5, 0.6) is 0 Å². The smallest absolute Gasteiger partial charge is 0.233 e. The molecule has 1 amide bonds. The third-order valence-electron chi connectivity index (χ3n) is 3.28. The summed E-state index contributed by atoms with van der Waals surface area (Å²) in [7, 11) is 1.79. The minimum Gasteiger partial charge on any atom is -0.354 e. The van der Waals surface area contributed by atoms with Crippen molar-refractivity contribution in [3.8, 4) is 0 Å². The molecule has 1 aliphatic rings. The number of nitrogens with one attached hydrogen (secondary N) is 2. The zero-order valence-electron chi connectivity index (χ0n) is 10.6. The average Bonchev–Trinajstić information content (AvgIpc) is 2.30. The van der Waals surface area contributed by atoms with Crippen molar-refractivity contribution in [3.05, 3.63) is 0 Å². The average molecular weight is 227 g/mol. The first-order valence-electron chi connectivity index (χ1n) is 6.43. The third-order valence-corrected chi connectivity index (χ3v) is 3.28. The molecule has 1 saturated heterocycles. The van der Waals surface area contributed by atoms with Gasteiger partial charge in [0, 0.05) is 19.1 Å². The molecule has 0 aliphatic carbocycles. The first kappa shape index (κ1) is 13.5. The molecule has 0 aromatic heterocycles. The van der Waals surface area contributed by atoms with E-state index >= 15 is 0 Å². The molecule has 0 spiro atoms. The summed E-state index contributed by atoms with van der Waals surface area (Å²) in [6.45, 7) is 5.63. The van der Waals surface area contributed by atoms with E-state index in [0.717, 1.165) is 19.1 Å². The van der Waals surface area contributed by atoms with Gasteiger partial charge >= 0.3 is 0 Å². The standard InChI is InChI=1S/C12H25N3O/c1-3-11-6-4-5-8-15(11)9-7-14-12(16)10-13-2/h11,13H,3-10H2,1-2H3,(H,14,16). The molecule has 0 aromatic carbocycles. The lowest BCUT2D eigenvalue weighted by Gasteiger charge is -2.35. The fourth-order valence-electron chi connectivity index (χ4n) is 2.38. The molecular formula is C12H25N3O. The van der Waals surface area contributed by atoms with Crippen LogP contribution in [0.15, 0.2) is 0 Å². The molecule has 2 N–H and O–H groups in total. The highest BCUT2D eigenvalue weighted by atomic mass is 16.1. The molecule has 0 aromatic rings. The van der Waals surface area contributed by atoms with E-state index in [1.807, 2.05) is 0 Å². The number of likely N-dealkylation sites (tertiary alicyclic amines) is 1. The summed E-state index contributed by atoms with van der Waals surface area (Å²) >= 11 is 0. The van der Waals surface area contributed by atoms with Crippen LogP contribution in [0, 0.1) is 0 Å². The number of nitrogens with zero attached hydrogens (tertiary/aromatic N) is 1. The molecule has 1 rings (SSSR count). The third kappa shape index (κ3) is 4.49. The van der Waals surface area contributed by atoms with Crippen molar-refractivity contribution >= 4 is 5.91 Å². The van der Waals surface area contributed by atoms with Gasteiger partial charge in [-0.05, 0) is 32.9 Å². The van der Waals surface area contributed by atoms with Gasteiger partial charge in [0.25, 0.3) is 0 Å². The van der Waals surface area contributed by atoms with E-state index in [2.05, 4.69) is 22.5 Å². The van der Waals surface area contributed by atoms with E-state index in [9.17, 15) is 4.79 Å². The second kappa shape index (κ2) is 7.63. The fourth-order valence-corrected chi connectivity index (χ4v) is 2.38. The van der Waals surface area contributed by atoms with Gasteiger partial charge in [0.05, 0.1) is 6.54 Å². The maximum absolute atomic E-state index is 11.2. The highest BCUT2D eigenvalue weighted by molar-refractivity contribution is 5.77. The van der Waals surface area contributed by atoms with E-state index in [1.54, 1.807) is 7.05 Å². The molecular weight excluding hydrogens is 202 g/mol. The first-order chi connectivity index (χ1) is 7.77. The van der Waals surface area contributed by atoms with Crippen LogP contribution in [0.2, 0.25) is 0 Å². The van der Waals surface area contributed by atoms with Crippen LogP contribution in [0.1, 0.15) is 32.6 Å². The van der Waals surface area contributed by atoms with Gasteiger partial charge in [0.1, 0.15) is 0 Å². The van der Waals surface area contributed by atoms with Gasteiger partial charge in [0.2, 0.25) is 5.91 Å². The fraction of sp³-hybridized carbons (Fsp3) is 0.917. The van der Waals surface area contributed by atoms with Crippen molar-refractivity contribution < 1.29 is 4.79 Å². The SMILES string of the molecule is CCC1CCCCN1CCNC(=O)CNC. The molecule has 1 aliphatic heterocycles. The van der Waals surface area contributed by atoms with Gasteiger partial charge in [-0.15, -0.1) is 0 Å². The van der Waals surface area contributed by atoms with Gasteiger partial charge < -0.3 is 10.6 Å².